The third-order valence-corrected chi connectivity index (χ3v) is 6.40. The number of carbonyl (C=O) groups is 2. The lowest BCUT2D eigenvalue weighted by atomic mass is 10.0. The molecule has 1 aliphatic rings. The summed E-state index contributed by atoms with van der Waals surface area (Å²) in [5.74, 6) is 0.970. The molecule has 4 rings (SSSR count). The summed E-state index contributed by atoms with van der Waals surface area (Å²) >= 11 is 13.1. The van der Waals surface area contributed by atoms with Crippen molar-refractivity contribution in [3.05, 3.63) is 53.2 Å². The number of amides is 1. The van der Waals surface area contributed by atoms with Crippen LogP contribution in [-0.2, 0) is 9.59 Å². The minimum Gasteiger partial charge on any atom is -0.495 e. The lowest BCUT2D eigenvalue weighted by molar-refractivity contribution is -0.117. The van der Waals surface area contributed by atoms with E-state index in [4.69, 9.17) is 32.7 Å². The predicted octanol–water partition coefficient (Wildman–Crippen LogP) is 4.44. The predicted molar refractivity (Wildman–Crippen MR) is 132 cm³/mol. The normalized spacial score (nSPS) is 17.5. The minimum absolute atomic E-state index is 0.0553. The van der Waals surface area contributed by atoms with Crippen LogP contribution in [0.15, 0.2) is 43.1 Å². The Labute approximate surface area is 206 Å². The zero-order valence-electron chi connectivity index (χ0n) is 18.5. The Morgan fingerprint density at radius 2 is 1.79 bits per heavy atom. The van der Waals surface area contributed by atoms with Gasteiger partial charge in [0.25, 0.3) is 0 Å². The smallest absolute Gasteiger partial charge is 0.243 e. The molecule has 1 saturated carbocycles. The number of nitrogens with zero attached hydrogens (tertiary/aromatic N) is 2. The first-order valence-corrected chi connectivity index (χ1v) is 11.2. The SMILES string of the molecule is C=CC(=O)NC1CC(=O)CC1Nc1ncc2cc(-c3c(Cl)c(OC)cc(OC)c3Cl)ccc2n1. The fraction of sp³-hybridized carbons (Fsp3) is 0.250. The summed E-state index contributed by atoms with van der Waals surface area (Å²) in [6.07, 6.45) is 3.37. The summed E-state index contributed by atoms with van der Waals surface area (Å²) < 4.78 is 10.7. The van der Waals surface area contributed by atoms with Crippen LogP contribution >= 0.6 is 23.2 Å². The molecule has 1 amide bonds. The van der Waals surface area contributed by atoms with Crippen molar-refractivity contribution >= 4 is 51.7 Å². The number of benzene rings is 2. The second-order valence-corrected chi connectivity index (χ2v) is 8.52. The fourth-order valence-corrected chi connectivity index (χ4v) is 4.69. The number of aromatic nitrogens is 2. The average Bonchev–Trinajstić information content (AvgIpc) is 3.17. The van der Waals surface area contributed by atoms with Gasteiger partial charge in [-0.2, -0.15) is 0 Å². The highest BCUT2D eigenvalue weighted by Gasteiger charge is 2.34. The van der Waals surface area contributed by atoms with Gasteiger partial charge in [0, 0.05) is 36.1 Å². The second kappa shape index (κ2) is 9.87. The number of ketones is 1. The lowest BCUT2D eigenvalue weighted by Gasteiger charge is -2.20. The molecule has 2 atom stereocenters. The molecular weight excluding hydrogens is 479 g/mol. The van der Waals surface area contributed by atoms with Crippen molar-refractivity contribution in [2.75, 3.05) is 19.5 Å². The number of fused-ring (bicyclic) bond motifs is 1. The van der Waals surface area contributed by atoms with E-state index in [-0.39, 0.29) is 36.6 Å². The van der Waals surface area contributed by atoms with Gasteiger partial charge in [-0.05, 0) is 23.8 Å². The quantitative estimate of drug-likeness (QED) is 0.462. The van der Waals surface area contributed by atoms with Crippen LogP contribution in [0.4, 0.5) is 5.95 Å². The lowest BCUT2D eigenvalue weighted by Crippen LogP contribution is -2.42. The highest BCUT2D eigenvalue weighted by molar-refractivity contribution is 6.41. The number of hydrogen-bond acceptors (Lipinski definition) is 7. The van der Waals surface area contributed by atoms with Crippen LogP contribution in [0.3, 0.4) is 0 Å². The molecule has 176 valence electrons. The maximum Gasteiger partial charge on any atom is 0.243 e. The van der Waals surface area contributed by atoms with E-state index in [9.17, 15) is 9.59 Å². The van der Waals surface area contributed by atoms with Crippen LogP contribution in [0.1, 0.15) is 12.8 Å². The molecule has 2 aromatic carbocycles. The van der Waals surface area contributed by atoms with Crippen LogP contribution in [0.5, 0.6) is 11.5 Å². The van der Waals surface area contributed by atoms with E-state index >= 15 is 0 Å². The molecule has 0 saturated heterocycles. The summed E-state index contributed by atoms with van der Waals surface area (Å²) in [4.78, 5) is 32.6. The Morgan fingerprint density at radius 3 is 2.44 bits per heavy atom. The van der Waals surface area contributed by atoms with Crippen molar-refractivity contribution in [1.82, 2.24) is 15.3 Å². The summed E-state index contributed by atoms with van der Waals surface area (Å²) in [5, 5.41) is 7.44. The van der Waals surface area contributed by atoms with Gasteiger partial charge in [-0.25, -0.2) is 9.97 Å². The maximum atomic E-state index is 12.0. The Morgan fingerprint density at radius 1 is 1.12 bits per heavy atom. The number of Topliss-reactive ketones (excluding diaryl/α,β-unsaturated/α-hetero) is 1. The van der Waals surface area contributed by atoms with Gasteiger partial charge >= 0.3 is 0 Å². The van der Waals surface area contributed by atoms with Crippen LogP contribution in [0, 0.1) is 0 Å². The first-order valence-electron chi connectivity index (χ1n) is 10.4. The van der Waals surface area contributed by atoms with Crippen LogP contribution in [-0.4, -0.2) is 48.0 Å². The number of rotatable bonds is 7. The van der Waals surface area contributed by atoms with Gasteiger partial charge in [-0.1, -0.05) is 35.8 Å². The monoisotopic (exact) mass is 500 g/mol. The number of ether oxygens (including phenoxy) is 2. The van der Waals surface area contributed by atoms with Gasteiger partial charge in [0.2, 0.25) is 11.9 Å². The highest BCUT2D eigenvalue weighted by Crippen LogP contribution is 2.46. The van der Waals surface area contributed by atoms with Crippen LogP contribution in [0.2, 0.25) is 10.0 Å². The molecule has 3 aromatic rings. The number of nitrogens with one attached hydrogen (secondary N) is 2. The van der Waals surface area contributed by atoms with E-state index in [0.717, 1.165) is 10.9 Å². The zero-order valence-corrected chi connectivity index (χ0v) is 20.0. The summed E-state index contributed by atoms with van der Waals surface area (Å²) in [5.41, 5.74) is 2.01. The minimum atomic E-state index is -0.355. The molecule has 1 aromatic heterocycles. The molecule has 2 N–H and O–H groups in total. The first kappa shape index (κ1) is 23.8. The summed E-state index contributed by atoms with van der Waals surface area (Å²) in [6.45, 7) is 3.45. The highest BCUT2D eigenvalue weighted by atomic mass is 35.5. The molecule has 1 fully saturated rings. The Balaban J connectivity index is 1.64. The summed E-state index contributed by atoms with van der Waals surface area (Å²) in [6, 6.07) is 6.51. The molecule has 0 radical (unpaired) electrons. The molecule has 1 heterocycles. The fourth-order valence-electron chi connectivity index (χ4n) is 3.97. The van der Waals surface area contributed by atoms with Crippen molar-refractivity contribution in [2.24, 2.45) is 0 Å². The maximum absolute atomic E-state index is 12.0. The van der Waals surface area contributed by atoms with Gasteiger partial charge in [0.15, 0.2) is 0 Å². The largest absolute Gasteiger partial charge is 0.495 e. The third-order valence-electron chi connectivity index (χ3n) is 5.65. The molecule has 8 nitrogen and oxygen atoms in total. The number of methoxy groups -OCH3 is 2. The number of anilines is 1. The molecule has 1 aliphatic carbocycles. The van der Waals surface area contributed by atoms with Crippen molar-refractivity contribution in [3.8, 4) is 22.6 Å². The van der Waals surface area contributed by atoms with E-state index in [1.54, 1.807) is 12.3 Å². The molecular formula is C24H22Cl2N4O4. The van der Waals surface area contributed by atoms with Gasteiger partial charge in [0.1, 0.15) is 17.3 Å². The van der Waals surface area contributed by atoms with Gasteiger partial charge in [0.05, 0.1) is 41.9 Å². The molecule has 0 aliphatic heterocycles. The second-order valence-electron chi connectivity index (χ2n) is 7.77. The number of carbonyl (C=O) groups excluding carboxylic acids is 2. The van der Waals surface area contributed by atoms with Crippen molar-refractivity contribution in [2.45, 2.75) is 24.9 Å². The van der Waals surface area contributed by atoms with Crippen LogP contribution < -0.4 is 20.1 Å². The molecule has 34 heavy (non-hydrogen) atoms. The zero-order chi connectivity index (χ0) is 24.4. The van der Waals surface area contributed by atoms with Crippen molar-refractivity contribution < 1.29 is 19.1 Å². The Kier molecular flexibility index (Phi) is 6.90. The average molecular weight is 501 g/mol. The first-order chi connectivity index (χ1) is 16.3. The Hall–Kier alpha value is -3.36. The number of halogens is 2. The van der Waals surface area contributed by atoms with Crippen molar-refractivity contribution in [3.63, 3.8) is 0 Å². The molecule has 2 unspecified atom stereocenters. The Bertz CT molecular complexity index is 1270. The summed E-state index contributed by atoms with van der Waals surface area (Å²) in [7, 11) is 3.04. The van der Waals surface area contributed by atoms with E-state index in [2.05, 4.69) is 27.2 Å². The molecule has 0 spiro atoms. The molecule has 0 bridgehead atoms. The van der Waals surface area contributed by atoms with E-state index < -0.39 is 0 Å². The molecule has 10 heteroatoms. The number of hydrogen-bond donors (Lipinski definition) is 2. The van der Waals surface area contributed by atoms with E-state index in [1.807, 2.05) is 18.2 Å². The third kappa shape index (κ3) is 4.64. The topological polar surface area (TPSA) is 102 Å². The van der Waals surface area contributed by atoms with Crippen LogP contribution in [0.25, 0.3) is 22.0 Å². The van der Waals surface area contributed by atoms with E-state index in [0.29, 0.717) is 38.6 Å². The van der Waals surface area contributed by atoms with Crippen molar-refractivity contribution in [1.29, 1.82) is 0 Å². The van der Waals surface area contributed by atoms with Gasteiger partial charge in [-0.15, -0.1) is 0 Å². The van der Waals surface area contributed by atoms with Gasteiger partial charge < -0.3 is 20.1 Å². The van der Waals surface area contributed by atoms with Gasteiger partial charge in [-0.3, -0.25) is 9.59 Å². The van der Waals surface area contributed by atoms with E-state index in [1.165, 1.54) is 20.3 Å². The standard InChI is InChI=1S/C24H22Cl2N4O4/c1-4-20(32)28-16-8-14(31)9-17(16)30-24-27-11-13-7-12(5-6-15(13)29-24)21-22(25)18(33-2)10-19(34-3)23(21)26/h4-7,10-11,16-17H,1,8-9H2,2-3H3,(H,28,32)(H,27,29,30).